The van der Waals surface area contributed by atoms with Gasteiger partial charge in [-0.15, -0.1) is 0 Å². The number of pyridine rings is 1. The lowest BCUT2D eigenvalue weighted by Crippen LogP contribution is -2.31. The molecule has 0 saturated carbocycles. The number of nitrogens with zero attached hydrogens (tertiary/aromatic N) is 2. The molecule has 0 radical (unpaired) electrons. The van der Waals surface area contributed by atoms with Crippen LogP contribution in [-0.4, -0.2) is 36.1 Å². The molecule has 1 aromatic heterocycles. The van der Waals surface area contributed by atoms with E-state index in [9.17, 15) is 0 Å². The van der Waals surface area contributed by atoms with E-state index in [1.165, 1.54) is 19.4 Å². The standard InChI is InChI=1S/C12H19BrN4/c1-8-10(14)7-16-12(11(8)13)15-6-9-4-3-5-17(9)2/h7,9H,3-6,14H2,1-2H3,(H,15,16). The zero-order valence-electron chi connectivity index (χ0n) is 10.3. The van der Waals surface area contributed by atoms with Crippen LogP contribution in [0.25, 0.3) is 0 Å². The monoisotopic (exact) mass is 298 g/mol. The molecular weight excluding hydrogens is 280 g/mol. The Balaban J connectivity index is 2.02. The Kier molecular flexibility index (Phi) is 3.89. The summed E-state index contributed by atoms with van der Waals surface area (Å²) in [6.45, 7) is 4.13. The summed E-state index contributed by atoms with van der Waals surface area (Å²) in [5.41, 5.74) is 7.57. The summed E-state index contributed by atoms with van der Waals surface area (Å²) in [6, 6.07) is 0.613. The zero-order chi connectivity index (χ0) is 12.4. The number of halogens is 1. The average molecular weight is 299 g/mol. The Labute approximate surface area is 111 Å². The van der Waals surface area contributed by atoms with Crippen LogP contribution in [0, 0.1) is 6.92 Å². The van der Waals surface area contributed by atoms with Crippen LogP contribution in [0.15, 0.2) is 10.7 Å². The smallest absolute Gasteiger partial charge is 0.140 e. The molecule has 0 aliphatic carbocycles. The molecule has 1 unspecified atom stereocenters. The molecule has 0 spiro atoms. The maximum absolute atomic E-state index is 5.80. The van der Waals surface area contributed by atoms with Gasteiger partial charge in [0.2, 0.25) is 0 Å². The molecule has 3 N–H and O–H groups in total. The zero-order valence-corrected chi connectivity index (χ0v) is 11.9. The number of rotatable bonds is 3. The highest BCUT2D eigenvalue weighted by atomic mass is 79.9. The first kappa shape index (κ1) is 12.6. The lowest BCUT2D eigenvalue weighted by atomic mass is 10.2. The first-order valence-electron chi connectivity index (χ1n) is 5.94. The number of nitrogens with one attached hydrogen (secondary N) is 1. The van der Waals surface area contributed by atoms with Crippen molar-refractivity contribution in [3.05, 3.63) is 16.2 Å². The molecule has 17 heavy (non-hydrogen) atoms. The van der Waals surface area contributed by atoms with Gasteiger partial charge in [-0.3, -0.25) is 0 Å². The number of hydrogen-bond acceptors (Lipinski definition) is 4. The normalized spacial score (nSPS) is 20.8. The molecule has 2 heterocycles. The van der Waals surface area contributed by atoms with Crippen LogP contribution in [0.4, 0.5) is 11.5 Å². The van der Waals surface area contributed by atoms with E-state index < -0.39 is 0 Å². The van der Waals surface area contributed by atoms with Gasteiger partial charge >= 0.3 is 0 Å². The van der Waals surface area contributed by atoms with Crippen molar-refractivity contribution in [3.63, 3.8) is 0 Å². The predicted octanol–water partition coefficient (Wildman–Crippen LogP) is 2.24. The number of likely N-dealkylation sites (N-methyl/N-ethyl adjacent to an activating group) is 1. The molecule has 1 saturated heterocycles. The lowest BCUT2D eigenvalue weighted by molar-refractivity contribution is 0.322. The van der Waals surface area contributed by atoms with Gasteiger partial charge in [0.1, 0.15) is 5.82 Å². The summed E-state index contributed by atoms with van der Waals surface area (Å²) >= 11 is 3.54. The predicted molar refractivity (Wildman–Crippen MR) is 75.2 cm³/mol. The van der Waals surface area contributed by atoms with Crippen LogP contribution in [0.1, 0.15) is 18.4 Å². The molecule has 1 aliphatic rings. The van der Waals surface area contributed by atoms with Gasteiger partial charge in [0, 0.05) is 12.6 Å². The molecule has 0 aromatic carbocycles. The van der Waals surface area contributed by atoms with E-state index in [1.807, 2.05) is 6.92 Å². The second-order valence-electron chi connectivity index (χ2n) is 4.66. The number of likely N-dealkylation sites (tertiary alicyclic amines) is 1. The molecule has 1 aliphatic heterocycles. The van der Waals surface area contributed by atoms with Crippen molar-refractivity contribution in [2.45, 2.75) is 25.8 Å². The Bertz CT molecular complexity index is 408. The fourth-order valence-corrected chi connectivity index (χ4v) is 2.64. The molecule has 94 valence electrons. The van der Waals surface area contributed by atoms with Gasteiger partial charge < -0.3 is 16.0 Å². The number of aromatic nitrogens is 1. The first-order valence-corrected chi connectivity index (χ1v) is 6.73. The Morgan fingerprint density at radius 1 is 1.65 bits per heavy atom. The third kappa shape index (κ3) is 2.72. The summed E-state index contributed by atoms with van der Waals surface area (Å²) < 4.78 is 0.971. The quantitative estimate of drug-likeness (QED) is 0.899. The van der Waals surface area contributed by atoms with Gasteiger partial charge in [-0.25, -0.2) is 4.98 Å². The van der Waals surface area contributed by atoms with Gasteiger partial charge in [-0.05, 0) is 54.9 Å². The van der Waals surface area contributed by atoms with Crippen LogP contribution in [0.2, 0.25) is 0 Å². The van der Waals surface area contributed by atoms with Gasteiger partial charge in [-0.2, -0.15) is 0 Å². The molecule has 5 heteroatoms. The van der Waals surface area contributed by atoms with E-state index >= 15 is 0 Å². The maximum atomic E-state index is 5.80. The highest BCUT2D eigenvalue weighted by Gasteiger charge is 2.20. The van der Waals surface area contributed by atoms with Crippen molar-refractivity contribution in [1.29, 1.82) is 0 Å². The SMILES string of the molecule is Cc1c(N)cnc(NCC2CCCN2C)c1Br. The number of hydrogen-bond donors (Lipinski definition) is 2. The Morgan fingerprint density at radius 3 is 3.06 bits per heavy atom. The summed E-state index contributed by atoms with van der Waals surface area (Å²) in [5, 5.41) is 3.40. The molecule has 4 nitrogen and oxygen atoms in total. The molecule has 1 atom stereocenters. The van der Waals surface area contributed by atoms with Crippen molar-refractivity contribution in [2.24, 2.45) is 0 Å². The van der Waals surface area contributed by atoms with Crippen LogP contribution < -0.4 is 11.1 Å². The van der Waals surface area contributed by atoms with E-state index in [-0.39, 0.29) is 0 Å². The third-order valence-corrected chi connectivity index (χ3v) is 4.45. The molecule has 2 rings (SSSR count). The van der Waals surface area contributed by atoms with E-state index in [0.717, 1.165) is 28.1 Å². The second-order valence-corrected chi connectivity index (χ2v) is 5.45. The molecule has 1 fully saturated rings. The van der Waals surface area contributed by atoms with Crippen molar-refractivity contribution in [3.8, 4) is 0 Å². The summed E-state index contributed by atoms with van der Waals surface area (Å²) in [6.07, 6.45) is 4.26. The molecule has 0 bridgehead atoms. The van der Waals surface area contributed by atoms with Crippen LogP contribution in [-0.2, 0) is 0 Å². The van der Waals surface area contributed by atoms with E-state index in [0.29, 0.717) is 6.04 Å². The number of nitrogen functional groups attached to an aromatic ring is 1. The van der Waals surface area contributed by atoms with Gasteiger partial charge in [0.05, 0.1) is 16.4 Å². The minimum absolute atomic E-state index is 0.613. The van der Waals surface area contributed by atoms with Crippen molar-refractivity contribution < 1.29 is 0 Å². The Morgan fingerprint density at radius 2 is 2.41 bits per heavy atom. The fourth-order valence-electron chi connectivity index (χ4n) is 2.17. The number of nitrogens with two attached hydrogens (primary N) is 1. The average Bonchev–Trinajstić information content (AvgIpc) is 2.71. The molecule has 0 amide bonds. The van der Waals surface area contributed by atoms with Crippen molar-refractivity contribution in [2.75, 3.05) is 31.2 Å². The maximum Gasteiger partial charge on any atom is 0.140 e. The molecule has 1 aromatic rings. The summed E-state index contributed by atoms with van der Waals surface area (Å²) in [4.78, 5) is 6.72. The minimum atomic E-state index is 0.613. The first-order chi connectivity index (χ1) is 8.09. The van der Waals surface area contributed by atoms with Crippen molar-refractivity contribution in [1.82, 2.24) is 9.88 Å². The number of anilines is 2. The fraction of sp³-hybridized carbons (Fsp3) is 0.583. The highest BCUT2D eigenvalue weighted by Crippen LogP contribution is 2.28. The Hall–Kier alpha value is -0.810. The van der Waals surface area contributed by atoms with Gasteiger partial charge in [0.15, 0.2) is 0 Å². The van der Waals surface area contributed by atoms with Gasteiger partial charge in [-0.1, -0.05) is 0 Å². The van der Waals surface area contributed by atoms with Gasteiger partial charge in [0.25, 0.3) is 0 Å². The van der Waals surface area contributed by atoms with Crippen LogP contribution in [0.3, 0.4) is 0 Å². The topological polar surface area (TPSA) is 54.2 Å². The second kappa shape index (κ2) is 5.23. The summed E-state index contributed by atoms with van der Waals surface area (Å²) in [5.74, 6) is 0.886. The largest absolute Gasteiger partial charge is 0.397 e. The van der Waals surface area contributed by atoms with E-state index in [4.69, 9.17) is 5.73 Å². The molecular formula is C12H19BrN4. The summed E-state index contributed by atoms with van der Waals surface area (Å²) in [7, 11) is 2.18. The van der Waals surface area contributed by atoms with E-state index in [1.54, 1.807) is 6.20 Å². The van der Waals surface area contributed by atoms with E-state index in [2.05, 4.69) is 38.2 Å². The third-order valence-electron chi connectivity index (χ3n) is 3.48. The van der Waals surface area contributed by atoms with Crippen LogP contribution in [0.5, 0.6) is 0 Å². The van der Waals surface area contributed by atoms with Crippen molar-refractivity contribution >= 4 is 27.4 Å². The lowest BCUT2D eigenvalue weighted by Gasteiger charge is -2.20. The highest BCUT2D eigenvalue weighted by molar-refractivity contribution is 9.10. The van der Waals surface area contributed by atoms with Crippen LogP contribution >= 0.6 is 15.9 Å². The minimum Gasteiger partial charge on any atom is -0.397 e.